The van der Waals surface area contributed by atoms with E-state index in [1.54, 1.807) is 36.4 Å². The van der Waals surface area contributed by atoms with Gasteiger partial charge in [-0.25, -0.2) is 10.3 Å². The van der Waals surface area contributed by atoms with E-state index in [1.807, 2.05) is 0 Å². The molecule has 2 aromatic rings. The molecule has 1 aliphatic heterocycles. The summed E-state index contributed by atoms with van der Waals surface area (Å²) >= 11 is 0. The molecule has 0 bridgehead atoms. The molecular weight excluding hydrogens is 420 g/mol. The summed E-state index contributed by atoms with van der Waals surface area (Å²) in [6.07, 6.45) is 1.54. The quantitative estimate of drug-likeness (QED) is 0.263. The molecule has 10 nitrogen and oxygen atoms in total. The lowest BCUT2D eigenvalue weighted by Gasteiger charge is -2.26. The number of nitrogens with one attached hydrogen (secondary N) is 2. The van der Waals surface area contributed by atoms with Gasteiger partial charge in [0.1, 0.15) is 5.75 Å². The van der Waals surface area contributed by atoms with Crippen LogP contribution < -0.4 is 20.3 Å². The number of allylic oxidation sites excluding steroid dienone is 1. The monoisotopic (exact) mass is 444 g/mol. The van der Waals surface area contributed by atoms with E-state index in [9.17, 15) is 14.7 Å². The third kappa shape index (κ3) is 6.13. The topological polar surface area (TPSA) is 136 Å². The van der Waals surface area contributed by atoms with E-state index in [1.165, 1.54) is 30.8 Å². The molecule has 0 saturated carbocycles. The molecule has 0 saturated heterocycles. The number of benzene rings is 2. The Morgan fingerprint density at radius 2 is 1.91 bits per heavy atom. The highest BCUT2D eigenvalue weighted by atomic mass is 16.7. The molecule has 1 heterocycles. The second kappa shape index (κ2) is 11.0. The first-order chi connectivity index (χ1) is 15.5. The van der Waals surface area contributed by atoms with E-state index in [-0.39, 0.29) is 12.5 Å². The van der Waals surface area contributed by atoms with Crippen LogP contribution in [0.15, 0.2) is 54.6 Å². The highest BCUT2D eigenvalue weighted by molar-refractivity contribution is 5.86. The molecule has 170 valence electrons. The average Bonchev–Trinajstić information content (AvgIpc) is 3.26. The minimum Gasteiger partial charge on any atom is -0.508 e. The van der Waals surface area contributed by atoms with E-state index in [0.29, 0.717) is 35.6 Å². The first kappa shape index (κ1) is 22.9. The number of hydrogen-bond donors (Lipinski definition) is 4. The van der Waals surface area contributed by atoms with Crippen molar-refractivity contribution >= 4 is 17.7 Å². The van der Waals surface area contributed by atoms with Crippen molar-refractivity contribution in [2.75, 3.05) is 19.2 Å². The van der Waals surface area contributed by atoms with Crippen molar-refractivity contribution in [2.24, 2.45) is 0 Å². The number of anilines is 1. The van der Waals surface area contributed by atoms with Gasteiger partial charge in [0.15, 0.2) is 17.6 Å². The maximum atomic E-state index is 12.6. The van der Waals surface area contributed by atoms with Crippen LogP contribution in [0, 0.1) is 0 Å². The second-order valence-electron chi connectivity index (χ2n) is 6.84. The SMILES string of the molecule is CO[C@@H](CC/C=C/C(=O)NO)[C@@H](OC(=O)Nc1ccc2c(c1)OCO2)c1ccc(O)cc1. The average molecular weight is 444 g/mol. The Hall–Kier alpha value is -3.76. The van der Waals surface area contributed by atoms with Crippen LogP contribution in [-0.2, 0) is 14.3 Å². The van der Waals surface area contributed by atoms with Crippen LogP contribution in [0.3, 0.4) is 0 Å². The molecular formula is C22H24N2O8. The molecule has 0 fully saturated rings. The third-order valence-electron chi connectivity index (χ3n) is 4.71. The van der Waals surface area contributed by atoms with Crippen LogP contribution in [0.5, 0.6) is 17.2 Å². The van der Waals surface area contributed by atoms with Crippen LogP contribution in [-0.4, -0.2) is 42.3 Å². The van der Waals surface area contributed by atoms with Crippen molar-refractivity contribution in [2.45, 2.75) is 25.0 Å². The number of carbonyl (C=O) groups is 2. The van der Waals surface area contributed by atoms with Crippen molar-refractivity contribution in [3.8, 4) is 17.2 Å². The molecule has 0 aliphatic carbocycles. The van der Waals surface area contributed by atoms with Crippen molar-refractivity contribution in [1.82, 2.24) is 5.48 Å². The zero-order valence-corrected chi connectivity index (χ0v) is 17.3. The summed E-state index contributed by atoms with van der Waals surface area (Å²) in [5.41, 5.74) is 2.60. The summed E-state index contributed by atoms with van der Waals surface area (Å²) in [5, 5.41) is 20.8. The number of fused-ring (bicyclic) bond motifs is 1. The molecule has 0 unspecified atom stereocenters. The number of phenols is 1. The van der Waals surface area contributed by atoms with Crippen molar-refractivity contribution in [1.29, 1.82) is 0 Å². The number of methoxy groups -OCH3 is 1. The van der Waals surface area contributed by atoms with Gasteiger partial charge in [0.05, 0.1) is 6.10 Å². The van der Waals surface area contributed by atoms with E-state index >= 15 is 0 Å². The van der Waals surface area contributed by atoms with Crippen molar-refractivity contribution < 1.29 is 38.9 Å². The van der Waals surface area contributed by atoms with Gasteiger partial charge < -0.3 is 24.1 Å². The van der Waals surface area contributed by atoms with Gasteiger partial charge in [-0.1, -0.05) is 18.2 Å². The lowest BCUT2D eigenvalue weighted by molar-refractivity contribution is -0.124. The van der Waals surface area contributed by atoms with Gasteiger partial charge in [-0.05, 0) is 42.7 Å². The predicted octanol–water partition coefficient (Wildman–Crippen LogP) is 3.27. The zero-order chi connectivity index (χ0) is 22.9. The van der Waals surface area contributed by atoms with Gasteiger partial charge in [-0.15, -0.1) is 0 Å². The summed E-state index contributed by atoms with van der Waals surface area (Å²) in [6.45, 7) is 0.121. The Morgan fingerprint density at radius 3 is 2.62 bits per heavy atom. The van der Waals surface area contributed by atoms with Crippen LogP contribution in [0.25, 0.3) is 0 Å². The summed E-state index contributed by atoms with van der Waals surface area (Å²) in [4.78, 5) is 23.7. The lowest BCUT2D eigenvalue weighted by Crippen LogP contribution is -2.28. The van der Waals surface area contributed by atoms with Crippen molar-refractivity contribution in [3.05, 3.63) is 60.2 Å². The lowest BCUT2D eigenvalue weighted by atomic mass is 10.00. The van der Waals surface area contributed by atoms with E-state index < -0.39 is 24.2 Å². The smallest absolute Gasteiger partial charge is 0.412 e. The van der Waals surface area contributed by atoms with Gasteiger partial charge in [-0.2, -0.15) is 0 Å². The predicted molar refractivity (Wildman–Crippen MR) is 113 cm³/mol. The summed E-state index contributed by atoms with van der Waals surface area (Å²) < 4.78 is 21.8. The van der Waals surface area contributed by atoms with E-state index in [2.05, 4.69) is 5.32 Å². The van der Waals surface area contributed by atoms with Crippen LogP contribution in [0.1, 0.15) is 24.5 Å². The molecule has 3 rings (SSSR count). The molecule has 0 aromatic heterocycles. The highest BCUT2D eigenvalue weighted by Gasteiger charge is 2.27. The maximum absolute atomic E-state index is 12.6. The van der Waals surface area contributed by atoms with Gasteiger partial charge >= 0.3 is 6.09 Å². The molecule has 1 aliphatic rings. The van der Waals surface area contributed by atoms with Gasteiger partial charge in [0.25, 0.3) is 5.91 Å². The second-order valence-corrected chi connectivity index (χ2v) is 6.84. The van der Waals surface area contributed by atoms with Gasteiger partial charge in [0, 0.05) is 24.9 Å². The standard InChI is InChI=1S/C22H24N2O8/c1-29-18(4-2-3-5-20(26)24-28)21(14-6-9-16(25)10-7-14)32-22(27)23-15-8-11-17-19(12-15)31-13-30-17/h3,5-12,18,21,25,28H,2,4,13H2,1H3,(H,23,27)(H,24,26)/b5-3+/t18-,21-/m0/s1. The summed E-state index contributed by atoms with van der Waals surface area (Å²) in [5.74, 6) is 0.539. The fraction of sp³-hybridized carbons (Fsp3) is 0.273. The van der Waals surface area contributed by atoms with Crippen LogP contribution in [0.2, 0.25) is 0 Å². The highest BCUT2D eigenvalue weighted by Crippen LogP contribution is 2.34. The molecule has 0 spiro atoms. The summed E-state index contributed by atoms with van der Waals surface area (Å²) in [7, 11) is 1.49. The first-order valence-corrected chi connectivity index (χ1v) is 9.79. The minimum absolute atomic E-state index is 0.0734. The fourth-order valence-electron chi connectivity index (χ4n) is 3.14. The normalized spacial score (nSPS) is 14.1. The Bertz CT molecular complexity index is 961. The first-order valence-electron chi connectivity index (χ1n) is 9.79. The number of hydrogen-bond acceptors (Lipinski definition) is 8. The summed E-state index contributed by atoms with van der Waals surface area (Å²) in [6, 6.07) is 11.2. The molecule has 2 amide bonds. The third-order valence-corrected chi connectivity index (χ3v) is 4.71. The Morgan fingerprint density at radius 1 is 1.16 bits per heavy atom. The zero-order valence-electron chi connectivity index (χ0n) is 17.3. The largest absolute Gasteiger partial charge is 0.508 e. The number of phenolic OH excluding ortho intramolecular Hbond substituents is 1. The minimum atomic E-state index is -0.797. The Kier molecular flexibility index (Phi) is 7.90. The number of aromatic hydroxyl groups is 1. The fourth-order valence-corrected chi connectivity index (χ4v) is 3.14. The van der Waals surface area contributed by atoms with Gasteiger partial charge in [-0.3, -0.25) is 15.3 Å². The van der Waals surface area contributed by atoms with Crippen LogP contribution >= 0.6 is 0 Å². The molecule has 2 atom stereocenters. The molecule has 10 heteroatoms. The van der Waals surface area contributed by atoms with E-state index in [4.69, 9.17) is 24.2 Å². The number of carbonyl (C=O) groups excluding carboxylic acids is 2. The molecule has 0 radical (unpaired) electrons. The maximum Gasteiger partial charge on any atom is 0.412 e. The molecule has 32 heavy (non-hydrogen) atoms. The number of ether oxygens (including phenoxy) is 4. The molecule has 4 N–H and O–H groups in total. The Balaban J connectivity index is 1.71. The number of hydroxylamine groups is 1. The van der Waals surface area contributed by atoms with Crippen LogP contribution in [0.4, 0.5) is 10.5 Å². The number of rotatable bonds is 9. The Labute approximate surface area is 184 Å². The molecule has 2 aromatic carbocycles. The van der Waals surface area contributed by atoms with E-state index in [0.717, 1.165) is 0 Å². The number of amides is 2. The van der Waals surface area contributed by atoms with Gasteiger partial charge in [0.2, 0.25) is 6.79 Å². The van der Waals surface area contributed by atoms with Crippen molar-refractivity contribution in [3.63, 3.8) is 0 Å².